The van der Waals surface area contributed by atoms with Gasteiger partial charge in [0.05, 0.1) is 6.61 Å². The van der Waals surface area contributed by atoms with E-state index in [0.29, 0.717) is 0 Å². The molecule has 0 radical (unpaired) electrons. The summed E-state index contributed by atoms with van der Waals surface area (Å²) in [6.45, 7) is 3.57. The molecule has 16 heavy (non-hydrogen) atoms. The van der Waals surface area contributed by atoms with Gasteiger partial charge < -0.3 is 4.74 Å². The third-order valence-electron chi connectivity index (χ3n) is 1.79. The molecule has 0 saturated carbocycles. The highest BCUT2D eigenvalue weighted by molar-refractivity contribution is 8.01. The normalized spacial score (nSPS) is 10.8. The van der Waals surface area contributed by atoms with Crippen molar-refractivity contribution in [2.45, 2.75) is 11.3 Å². The van der Waals surface area contributed by atoms with Gasteiger partial charge in [-0.2, -0.15) is 0 Å². The SMILES string of the molecule is CCOCCSc1nc(-c2nccs2)cs1. The van der Waals surface area contributed by atoms with Gasteiger partial charge in [0, 0.05) is 29.3 Å². The van der Waals surface area contributed by atoms with E-state index in [1.54, 1.807) is 40.6 Å². The van der Waals surface area contributed by atoms with Gasteiger partial charge in [-0.25, -0.2) is 9.97 Å². The summed E-state index contributed by atoms with van der Waals surface area (Å²) in [6.07, 6.45) is 1.81. The second-order valence-electron chi connectivity index (χ2n) is 2.88. The summed E-state index contributed by atoms with van der Waals surface area (Å²) in [5.41, 5.74) is 0.985. The lowest BCUT2D eigenvalue weighted by atomic mass is 10.5. The lowest BCUT2D eigenvalue weighted by molar-refractivity contribution is 0.164. The Bertz CT molecular complexity index is 413. The molecule has 3 nitrogen and oxygen atoms in total. The molecule has 0 saturated heterocycles. The maximum absolute atomic E-state index is 5.28. The smallest absolute Gasteiger partial charge is 0.150 e. The van der Waals surface area contributed by atoms with Crippen molar-refractivity contribution < 1.29 is 4.74 Å². The summed E-state index contributed by atoms with van der Waals surface area (Å²) >= 11 is 5.03. The van der Waals surface area contributed by atoms with E-state index < -0.39 is 0 Å². The van der Waals surface area contributed by atoms with E-state index in [1.807, 2.05) is 12.3 Å². The van der Waals surface area contributed by atoms with Crippen LogP contribution in [0.2, 0.25) is 0 Å². The first-order chi connectivity index (χ1) is 7.90. The first-order valence-electron chi connectivity index (χ1n) is 4.96. The fourth-order valence-corrected chi connectivity index (χ4v) is 3.51. The molecule has 0 amide bonds. The van der Waals surface area contributed by atoms with Gasteiger partial charge in [-0.3, -0.25) is 0 Å². The van der Waals surface area contributed by atoms with Gasteiger partial charge in [0.1, 0.15) is 10.7 Å². The van der Waals surface area contributed by atoms with Crippen LogP contribution < -0.4 is 0 Å². The Morgan fingerprint density at radius 3 is 3.12 bits per heavy atom. The van der Waals surface area contributed by atoms with Crippen LogP contribution >= 0.6 is 34.4 Å². The standard InChI is InChI=1S/C10H12N2OS3/c1-2-13-4-6-15-10-12-8(7-16-10)9-11-3-5-14-9/h3,5,7H,2,4,6H2,1H3. The van der Waals surface area contributed by atoms with Gasteiger partial charge in [-0.15, -0.1) is 22.7 Å². The molecule has 0 spiro atoms. The van der Waals surface area contributed by atoms with E-state index in [4.69, 9.17) is 4.74 Å². The number of hydrogen-bond donors (Lipinski definition) is 0. The maximum Gasteiger partial charge on any atom is 0.150 e. The molecular formula is C10H12N2OS3. The van der Waals surface area contributed by atoms with Crippen molar-refractivity contribution in [3.05, 3.63) is 17.0 Å². The van der Waals surface area contributed by atoms with Crippen LogP contribution in [0.25, 0.3) is 10.7 Å². The van der Waals surface area contributed by atoms with Crippen LogP contribution in [-0.2, 0) is 4.74 Å². The van der Waals surface area contributed by atoms with Crippen molar-refractivity contribution in [2.75, 3.05) is 19.0 Å². The molecule has 0 bridgehead atoms. The van der Waals surface area contributed by atoms with Crippen LogP contribution in [0.1, 0.15) is 6.92 Å². The number of nitrogens with zero attached hydrogens (tertiary/aromatic N) is 2. The van der Waals surface area contributed by atoms with Crippen molar-refractivity contribution in [3.8, 4) is 10.7 Å². The number of aromatic nitrogens is 2. The summed E-state index contributed by atoms with van der Waals surface area (Å²) in [7, 11) is 0. The molecule has 0 aliphatic rings. The Labute approximate surface area is 107 Å². The Balaban J connectivity index is 1.88. The summed E-state index contributed by atoms with van der Waals surface area (Å²) in [4.78, 5) is 8.76. The van der Waals surface area contributed by atoms with Crippen molar-refractivity contribution in [1.82, 2.24) is 9.97 Å². The number of thioether (sulfide) groups is 1. The van der Waals surface area contributed by atoms with Crippen molar-refractivity contribution >= 4 is 34.4 Å². The monoisotopic (exact) mass is 272 g/mol. The van der Waals surface area contributed by atoms with Gasteiger partial charge in [-0.05, 0) is 6.92 Å². The molecule has 2 rings (SSSR count). The molecule has 6 heteroatoms. The van der Waals surface area contributed by atoms with Crippen LogP contribution in [0.5, 0.6) is 0 Å². The molecule has 0 aliphatic heterocycles. The summed E-state index contributed by atoms with van der Waals surface area (Å²) in [5.74, 6) is 0.957. The number of hydrogen-bond acceptors (Lipinski definition) is 6. The highest BCUT2D eigenvalue weighted by Crippen LogP contribution is 2.28. The van der Waals surface area contributed by atoms with E-state index >= 15 is 0 Å². The molecule has 0 fully saturated rings. The minimum Gasteiger partial charge on any atom is -0.381 e. The maximum atomic E-state index is 5.28. The van der Waals surface area contributed by atoms with Gasteiger partial charge >= 0.3 is 0 Å². The van der Waals surface area contributed by atoms with Gasteiger partial charge in [0.15, 0.2) is 4.34 Å². The quantitative estimate of drug-likeness (QED) is 0.596. The minimum atomic E-state index is 0.781. The Morgan fingerprint density at radius 1 is 1.44 bits per heavy atom. The molecule has 86 valence electrons. The van der Waals surface area contributed by atoms with Crippen molar-refractivity contribution in [3.63, 3.8) is 0 Å². The van der Waals surface area contributed by atoms with Gasteiger partial charge in [0.2, 0.25) is 0 Å². The predicted octanol–water partition coefficient (Wildman–Crippen LogP) is 3.40. The van der Waals surface area contributed by atoms with Crippen molar-refractivity contribution in [2.24, 2.45) is 0 Å². The zero-order chi connectivity index (χ0) is 11.2. The average Bonchev–Trinajstić information content (AvgIpc) is 2.94. The first-order valence-corrected chi connectivity index (χ1v) is 7.70. The molecule has 0 unspecified atom stereocenters. The van der Waals surface area contributed by atoms with Crippen LogP contribution in [0.15, 0.2) is 21.3 Å². The van der Waals surface area contributed by atoms with E-state index in [-0.39, 0.29) is 0 Å². The fraction of sp³-hybridized carbons (Fsp3) is 0.400. The van der Waals surface area contributed by atoms with Crippen molar-refractivity contribution in [1.29, 1.82) is 0 Å². The molecule has 0 atom stereocenters. The van der Waals surface area contributed by atoms with E-state index in [2.05, 4.69) is 15.3 Å². The van der Waals surface area contributed by atoms with Crippen LogP contribution in [0.4, 0.5) is 0 Å². The van der Waals surface area contributed by atoms with E-state index in [0.717, 1.165) is 34.0 Å². The number of ether oxygens (including phenoxy) is 1. The first kappa shape index (κ1) is 12.0. The minimum absolute atomic E-state index is 0.781. The molecule has 2 aromatic heterocycles. The largest absolute Gasteiger partial charge is 0.381 e. The molecule has 2 heterocycles. The third kappa shape index (κ3) is 3.28. The topological polar surface area (TPSA) is 35.0 Å². The highest BCUT2D eigenvalue weighted by atomic mass is 32.2. The summed E-state index contributed by atoms with van der Waals surface area (Å²) in [6, 6.07) is 0. The van der Waals surface area contributed by atoms with E-state index in [9.17, 15) is 0 Å². The number of rotatable bonds is 6. The lowest BCUT2D eigenvalue weighted by Gasteiger charge is -1.97. The Hall–Kier alpha value is -0.430. The second-order valence-corrected chi connectivity index (χ2v) is 5.98. The lowest BCUT2D eigenvalue weighted by Crippen LogP contribution is -1.95. The Kier molecular flexibility index (Phi) is 4.77. The zero-order valence-corrected chi connectivity index (χ0v) is 11.3. The molecule has 0 N–H and O–H groups in total. The second kappa shape index (κ2) is 6.34. The summed E-state index contributed by atoms with van der Waals surface area (Å²) in [5, 5.41) is 5.02. The molecule has 0 aromatic carbocycles. The average molecular weight is 272 g/mol. The molecule has 0 aliphatic carbocycles. The zero-order valence-electron chi connectivity index (χ0n) is 8.88. The van der Waals surface area contributed by atoms with Crippen LogP contribution in [0.3, 0.4) is 0 Å². The van der Waals surface area contributed by atoms with E-state index in [1.165, 1.54) is 0 Å². The number of thiazole rings is 2. The van der Waals surface area contributed by atoms with Gasteiger partial charge in [-0.1, -0.05) is 11.8 Å². The van der Waals surface area contributed by atoms with Gasteiger partial charge in [0.25, 0.3) is 0 Å². The fourth-order valence-electron chi connectivity index (χ4n) is 1.10. The predicted molar refractivity (Wildman–Crippen MR) is 70.4 cm³/mol. The summed E-state index contributed by atoms with van der Waals surface area (Å²) < 4.78 is 6.37. The molecular weight excluding hydrogens is 260 g/mol. The van der Waals surface area contributed by atoms with Crippen LogP contribution in [0, 0.1) is 0 Å². The third-order valence-corrected chi connectivity index (χ3v) is 4.57. The molecule has 2 aromatic rings. The highest BCUT2D eigenvalue weighted by Gasteiger charge is 2.06. The Morgan fingerprint density at radius 2 is 2.38 bits per heavy atom. The van der Waals surface area contributed by atoms with Crippen LogP contribution in [-0.4, -0.2) is 28.9 Å².